The van der Waals surface area contributed by atoms with E-state index in [1.54, 1.807) is 0 Å². The molecular formula is C17H20N3NaO8. The van der Waals surface area contributed by atoms with Crippen molar-refractivity contribution in [3.05, 3.63) is 53.6 Å². The fourth-order valence-corrected chi connectivity index (χ4v) is 1.94. The third-order valence-corrected chi connectivity index (χ3v) is 3.25. The average Bonchev–Trinajstić information content (AvgIpc) is 2.60. The van der Waals surface area contributed by atoms with Crippen LogP contribution in [0.1, 0.15) is 27.1 Å². The molecule has 0 fully saturated rings. The number of aliphatic carboxylic acids is 1. The summed E-state index contributed by atoms with van der Waals surface area (Å²) in [5, 5.41) is 37.2. The number of benzene rings is 2. The van der Waals surface area contributed by atoms with Gasteiger partial charge in [0.15, 0.2) is 0 Å². The van der Waals surface area contributed by atoms with Gasteiger partial charge in [0, 0.05) is 12.1 Å². The van der Waals surface area contributed by atoms with E-state index in [0.29, 0.717) is 11.3 Å². The Morgan fingerprint density at radius 3 is 2.00 bits per heavy atom. The molecule has 8 N–H and O–H groups in total. The van der Waals surface area contributed by atoms with Gasteiger partial charge in [-0.3, -0.25) is 9.59 Å². The number of aromatic hydroxyl groups is 1. The van der Waals surface area contributed by atoms with E-state index in [9.17, 15) is 19.5 Å². The van der Waals surface area contributed by atoms with Crippen LogP contribution < -0.4 is 5.32 Å². The molecule has 0 aliphatic heterocycles. The van der Waals surface area contributed by atoms with Crippen molar-refractivity contribution in [3.63, 3.8) is 0 Å². The van der Waals surface area contributed by atoms with Crippen LogP contribution in [0, 0.1) is 0 Å². The molecule has 0 bridgehead atoms. The number of carbonyl (C=O) groups is 3. The zero-order valence-electron chi connectivity index (χ0n) is 14.4. The first-order valence-corrected chi connectivity index (χ1v) is 7.45. The van der Waals surface area contributed by atoms with Crippen LogP contribution in [0.3, 0.4) is 0 Å². The molecule has 29 heavy (non-hydrogen) atoms. The number of nitrogens with one attached hydrogen (secondary N) is 1. The predicted molar refractivity (Wildman–Crippen MR) is 105 cm³/mol. The predicted octanol–water partition coefficient (Wildman–Crippen LogP) is 0.412. The molecule has 11 nitrogen and oxygen atoms in total. The van der Waals surface area contributed by atoms with Crippen molar-refractivity contribution in [2.24, 2.45) is 10.2 Å². The summed E-state index contributed by atoms with van der Waals surface area (Å²) in [7, 11) is 0. The Morgan fingerprint density at radius 1 is 0.897 bits per heavy atom. The first kappa shape index (κ1) is 28.4. The standard InChI is InChI=1S/C17H15N3O6.Na.2H2O.H/c21-14-6-5-12(9-13(14)17(25)26)20-19-11-3-1-10(2-4-11)16(24)18-8-7-15(22)23;;;;/h1-6,9,21H,7-8H2,(H,18,24)(H,22,23)(H,25,26);;2*1H2;/b20-19+;;;;. The molecule has 2 aromatic carbocycles. The topological polar surface area (TPSA) is 212 Å². The summed E-state index contributed by atoms with van der Waals surface area (Å²) in [5.74, 6) is -3.05. The van der Waals surface area contributed by atoms with E-state index in [4.69, 9.17) is 10.2 Å². The van der Waals surface area contributed by atoms with Crippen LogP contribution >= 0.6 is 0 Å². The van der Waals surface area contributed by atoms with Gasteiger partial charge in [-0.2, -0.15) is 10.2 Å². The van der Waals surface area contributed by atoms with Gasteiger partial charge < -0.3 is 31.6 Å². The molecule has 0 radical (unpaired) electrons. The molecular weight excluding hydrogens is 397 g/mol. The van der Waals surface area contributed by atoms with Crippen molar-refractivity contribution in [1.82, 2.24) is 5.32 Å². The number of amides is 1. The molecule has 0 saturated heterocycles. The van der Waals surface area contributed by atoms with Crippen molar-refractivity contribution < 1.29 is 40.7 Å². The van der Waals surface area contributed by atoms with Crippen LogP contribution in [0.2, 0.25) is 0 Å². The fourth-order valence-electron chi connectivity index (χ4n) is 1.94. The number of azo groups is 1. The summed E-state index contributed by atoms with van der Waals surface area (Å²) < 4.78 is 0. The van der Waals surface area contributed by atoms with E-state index in [1.807, 2.05) is 0 Å². The van der Waals surface area contributed by atoms with Gasteiger partial charge in [0.1, 0.15) is 11.3 Å². The second-order valence-electron chi connectivity index (χ2n) is 5.15. The molecule has 12 heteroatoms. The van der Waals surface area contributed by atoms with E-state index in [1.165, 1.54) is 42.5 Å². The zero-order chi connectivity index (χ0) is 19.1. The monoisotopic (exact) mass is 417 g/mol. The zero-order valence-corrected chi connectivity index (χ0v) is 14.4. The quantitative estimate of drug-likeness (QED) is 0.369. The van der Waals surface area contributed by atoms with E-state index in [0.717, 1.165) is 0 Å². The Hall–Kier alpha value is -2.83. The first-order valence-electron chi connectivity index (χ1n) is 7.45. The molecule has 0 spiro atoms. The van der Waals surface area contributed by atoms with E-state index < -0.39 is 17.8 Å². The van der Waals surface area contributed by atoms with Gasteiger partial charge in [0.2, 0.25) is 0 Å². The maximum atomic E-state index is 11.8. The Labute approximate surface area is 187 Å². The molecule has 0 saturated carbocycles. The molecule has 0 heterocycles. The summed E-state index contributed by atoms with van der Waals surface area (Å²) in [6.07, 6.45) is -0.164. The molecule has 0 unspecified atom stereocenters. The Kier molecular flexibility index (Phi) is 13.1. The minimum absolute atomic E-state index is 0. The first-order chi connectivity index (χ1) is 12.4. The van der Waals surface area contributed by atoms with Gasteiger partial charge in [-0.25, -0.2) is 4.79 Å². The van der Waals surface area contributed by atoms with Gasteiger partial charge in [-0.05, 0) is 42.5 Å². The summed E-state index contributed by atoms with van der Waals surface area (Å²) in [5.41, 5.74) is 0.731. The molecule has 1 amide bonds. The van der Waals surface area contributed by atoms with Gasteiger partial charge in [0.25, 0.3) is 5.91 Å². The van der Waals surface area contributed by atoms with Crippen molar-refractivity contribution in [1.29, 1.82) is 0 Å². The van der Waals surface area contributed by atoms with Crippen LogP contribution in [0.25, 0.3) is 0 Å². The minimum atomic E-state index is -1.28. The third kappa shape index (κ3) is 8.81. The van der Waals surface area contributed by atoms with Crippen LogP contribution in [0.15, 0.2) is 52.7 Å². The van der Waals surface area contributed by atoms with Crippen molar-refractivity contribution >= 4 is 58.8 Å². The van der Waals surface area contributed by atoms with Gasteiger partial charge >= 0.3 is 41.5 Å². The van der Waals surface area contributed by atoms with Crippen LogP contribution in [0.5, 0.6) is 5.75 Å². The molecule has 2 aromatic rings. The average molecular weight is 417 g/mol. The number of phenols is 1. The van der Waals surface area contributed by atoms with E-state index >= 15 is 0 Å². The van der Waals surface area contributed by atoms with Crippen LogP contribution in [0.4, 0.5) is 11.4 Å². The molecule has 0 atom stereocenters. The molecule has 0 aliphatic carbocycles. The fraction of sp³-hybridized carbons (Fsp3) is 0.118. The molecule has 152 valence electrons. The third-order valence-electron chi connectivity index (χ3n) is 3.25. The molecule has 2 rings (SSSR count). The second kappa shape index (κ2) is 13.4. The van der Waals surface area contributed by atoms with Crippen molar-refractivity contribution in [3.8, 4) is 5.75 Å². The maximum absolute atomic E-state index is 11.8. The summed E-state index contributed by atoms with van der Waals surface area (Å²) in [6.45, 7) is 0.0301. The Morgan fingerprint density at radius 2 is 1.45 bits per heavy atom. The number of rotatable bonds is 7. The van der Waals surface area contributed by atoms with Crippen molar-refractivity contribution in [2.75, 3.05) is 6.54 Å². The number of aromatic carboxylic acids is 1. The Balaban J connectivity index is 0. The van der Waals surface area contributed by atoms with Crippen molar-refractivity contribution in [2.45, 2.75) is 6.42 Å². The van der Waals surface area contributed by atoms with Crippen LogP contribution in [-0.4, -0.2) is 80.2 Å². The van der Waals surface area contributed by atoms with Gasteiger partial charge in [0.05, 0.1) is 17.8 Å². The number of carboxylic acids is 2. The second-order valence-corrected chi connectivity index (χ2v) is 5.15. The normalized spacial score (nSPS) is 9.52. The molecule has 0 aromatic heterocycles. The van der Waals surface area contributed by atoms with Crippen LogP contribution in [-0.2, 0) is 4.79 Å². The number of hydrogen-bond acceptors (Lipinski definition) is 6. The van der Waals surface area contributed by atoms with E-state index in [-0.39, 0.29) is 70.5 Å². The number of carboxylic acid groups (broad SMARTS) is 2. The van der Waals surface area contributed by atoms with E-state index in [2.05, 4.69) is 15.5 Å². The summed E-state index contributed by atoms with van der Waals surface area (Å²) in [6, 6.07) is 9.89. The van der Waals surface area contributed by atoms with Gasteiger partial charge in [-0.15, -0.1) is 0 Å². The Bertz CT molecular complexity index is 871. The summed E-state index contributed by atoms with van der Waals surface area (Å²) >= 11 is 0. The number of nitrogens with zero attached hydrogens (tertiary/aromatic N) is 2. The number of carbonyl (C=O) groups excluding carboxylic acids is 1. The van der Waals surface area contributed by atoms with Gasteiger partial charge in [-0.1, -0.05) is 0 Å². The summed E-state index contributed by atoms with van der Waals surface area (Å²) in [4.78, 5) is 33.2. The number of hydrogen-bond donors (Lipinski definition) is 4. The SMILES string of the molecule is O.O.O=C(O)CCNC(=O)c1ccc(/N=N/c2ccc(O)c(C(=O)O)c2)cc1.[NaH]. The molecule has 0 aliphatic rings.